The lowest BCUT2D eigenvalue weighted by Gasteiger charge is -2.08. The van der Waals surface area contributed by atoms with Crippen molar-refractivity contribution in [3.05, 3.63) is 17.5 Å². The highest BCUT2D eigenvalue weighted by atomic mass is 32.2. The Morgan fingerprint density at radius 1 is 1.45 bits per heavy atom. The van der Waals surface area contributed by atoms with Gasteiger partial charge in [-0.05, 0) is 19.8 Å². The number of hydrogen-bond donors (Lipinski definition) is 0. The molecule has 0 bridgehead atoms. The molecule has 0 spiro atoms. The molecule has 6 nitrogen and oxygen atoms in total. The van der Waals surface area contributed by atoms with Crippen LogP contribution < -0.4 is 0 Å². The molecule has 0 atom stereocenters. The number of esters is 1. The Morgan fingerprint density at radius 3 is 2.70 bits per heavy atom. The Bertz CT molecular complexity index is 588. The third-order valence-electron chi connectivity index (χ3n) is 3.39. The molecule has 1 saturated carbocycles. The van der Waals surface area contributed by atoms with E-state index in [1.54, 1.807) is 18.5 Å². The normalized spacial score (nSPS) is 15.3. The van der Waals surface area contributed by atoms with E-state index in [-0.39, 0.29) is 17.5 Å². The average molecular weight is 300 g/mol. The predicted molar refractivity (Wildman–Crippen MR) is 74.5 cm³/mol. The van der Waals surface area contributed by atoms with Gasteiger partial charge in [0, 0.05) is 11.7 Å². The maximum atomic E-state index is 11.9. The molecule has 0 aliphatic heterocycles. The second-order valence-corrected chi connectivity index (χ2v) is 7.37. The zero-order valence-electron chi connectivity index (χ0n) is 11.8. The summed E-state index contributed by atoms with van der Waals surface area (Å²) in [5.74, 6) is 0.102. The molecular weight excluding hydrogens is 280 g/mol. The molecule has 0 N–H and O–H groups in total. The first-order valence-electron chi connectivity index (χ1n) is 6.91. The molecule has 1 aliphatic rings. The van der Waals surface area contributed by atoms with Gasteiger partial charge in [0.1, 0.15) is 5.56 Å². The topological polar surface area (TPSA) is 78.3 Å². The summed E-state index contributed by atoms with van der Waals surface area (Å²) in [5.41, 5.74) is 1.30. The van der Waals surface area contributed by atoms with Crippen LogP contribution in [0.1, 0.15) is 48.7 Å². The van der Waals surface area contributed by atoms with Crippen molar-refractivity contribution in [2.45, 2.75) is 39.2 Å². The van der Waals surface area contributed by atoms with Gasteiger partial charge in [-0.1, -0.05) is 6.92 Å². The highest BCUT2D eigenvalue weighted by Crippen LogP contribution is 2.41. The van der Waals surface area contributed by atoms with Crippen molar-refractivity contribution in [2.75, 3.05) is 18.1 Å². The van der Waals surface area contributed by atoms with Gasteiger partial charge >= 0.3 is 5.97 Å². The molecule has 7 heteroatoms. The highest BCUT2D eigenvalue weighted by molar-refractivity contribution is 7.91. The third-order valence-corrected chi connectivity index (χ3v) is 5.08. The third kappa shape index (κ3) is 3.39. The molecular formula is C13H20N2O4S. The first kappa shape index (κ1) is 15.0. The number of nitrogens with zero attached hydrogens (tertiary/aromatic N) is 2. The maximum absolute atomic E-state index is 11.9. The van der Waals surface area contributed by atoms with Gasteiger partial charge in [-0.2, -0.15) is 5.10 Å². The molecule has 1 aliphatic carbocycles. The summed E-state index contributed by atoms with van der Waals surface area (Å²) in [6.45, 7) is 4.00. The molecule has 1 fully saturated rings. The summed E-state index contributed by atoms with van der Waals surface area (Å²) in [4.78, 5) is 11.9. The van der Waals surface area contributed by atoms with Crippen LogP contribution in [0.2, 0.25) is 0 Å². The largest absolute Gasteiger partial charge is 0.462 e. The second-order valence-electron chi connectivity index (χ2n) is 4.90. The summed E-state index contributed by atoms with van der Waals surface area (Å²) in [7, 11) is -3.04. The van der Waals surface area contributed by atoms with Crippen LogP contribution in [0.25, 0.3) is 0 Å². The molecule has 0 aromatic carbocycles. The fourth-order valence-corrected chi connectivity index (χ4v) is 2.84. The zero-order valence-corrected chi connectivity index (χ0v) is 12.6. The van der Waals surface area contributed by atoms with E-state index >= 15 is 0 Å². The van der Waals surface area contributed by atoms with E-state index in [1.807, 2.05) is 0 Å². The van der Waals surface area contributed by atoms with Crippen LogP contribution in [-0.2, 0) is 21.1 Å². The highest BCUT2D eigenvalue weighted by Gasteiger charge is 2.33. The smallest absolute Gasteiger partial charge is 0.341 e. The minimum absolute atomic E-state index is 0.0488. The SMILES string of the molecule is CCOC(=O)c1cnn(CCS(=O)(=O)CC)c1C1CC1. The molecule has 1 aromatic rings. The fraction of sp³-hybridized carbons (Fsp3) is 0.692. The molecule has 1 aromatic heterocycles. The number of ether oxygens (including phenoxy) is 1. The molecule has 112 valence electrons. The summed E-state index contributed by atoms with van der Waals surface area (Å²) >= 11 is 0. The first-order chi connectivity index (χ1) is 9.48. The van der Waals surface area contributed by atoms with Gasteiger partial charge < -0.3 is 4.74 Å². The van der Waals surface area contributed by atoms with Crippen molar-refractivity contribution in [3.63, 3.8) is 0 Å². The number of carbonyl (C=O) groups is 1. The van der Waals surface area contributed by atoms with E-state index in [0.29, 0.717) is 24.6 Å². The molecule has 0 unspecified atom stereocenters. The number of hydrogen-bond acceptors (Lipinski definition) is 5. The number of sulfone groups is 1. The fourth-order valence-electron chi connectivity index (χ4n) is 2.10. The van der Waals surface area contributed by atoms with E-state index in [0.717, 1.165) is 18.5 Å². The quantitative estimate of drug-likeness (QED) is 0.711. The van der Waals surface area contributed by atoms with E-state index in [2.05, 4.69) is 5.10 Å². The van der Waals surface area contributed by atoms with Gasteiger partial charge in [0.2, 0.25) is 0 Å². The molecule has 2 rings (SSSR count). The predicted octanol–water partition coefficient (Wildman–Crippen LogP) is 1.37. The summed E-state index contributed by atoms with van der Waals surface area (Å²) < 4.78 is 29.8. The first-order valence-corrected chi connectivity index (χ1v) is 8.74. The number of aryl methyl sites for hydroxylation is 1. The van der Waals surface area contributed by atoms with Crippen LogP contribution >= 0.6 is 0 Å². The minimum Gasteiger partial charge on any atom is -0.462 e. The van der Waals surface area contributed by atoms with Crippen molar-refractivity contribution < 1.29 is 17.9 Å². The maximum Gasteiger partial charge on any atom is 0.341 e. The number of rotatable bonds is 7. The molecule has 0 amide bonds. The van der Waals surface area contributed by atoms with Crippen LogP contribution in [-0.4, -0.2) is 42.3 Å². The zero-order chi connectivity index (χ0) is 14.8. The van der Waals surface area contributed by atoms with Crippen LogP contribution in [0.4, 0.5) is 0 Å². The Kier molecular flexibility index (Phi) is 4.47. The van der Waals surface area contributed by atoms with Gasteiger partial charge in [0.05, 0.1) is 30.8 Å². The Balaban J connectivity index is 2.19. The molecule has 20 heavy (non-hydrogen) atoms. The Morgan fingerprint density at radius 2 is 2.15 bits per heavy atom. The van der Waals surface area contributed by atoms with Gasteiger partial charge in [0.25, 0.3) is 0 Å². The number of carbonyl (C=O) groups excluding carboxylic acids is 1. The second kappa shape index (κ2) is 5.95. The molecule has 0 radical (unpaired) electrons. The van der Waals surface area contributed by atoms with E-state index in [4.69, 9.17) is 4.74 Å². The lowest BCUT2D eigenvalue weighted by atomic mass is 10.2. The van der Waals surface area contributed by atoms with E-state index < -0.39 is 9.84 Å². The summed E-state index contributed by atoms with van der Waals surface area (Å²) in [5, 5.41) is 4.17. The van der Waals surface area contributed by atoms with Crippen molar-refractivity contribution in [1.82, 2.24) is 9.78 Å². The lowest BCUT2D eigenvalue weighted by Crippen LogP contribution is -2.17. The monoisotopic (exact) mass is 300 g/mol. The van der Waals surface area contributed by atoms with Crippen LogP contribution in [0.3, 0.4) is 0 Å². The average Bonchev–Trinajstić information content (AvgIpc) is 3.16. The van der Waals surface area contributed by atoms with Crippen molar-refractivity contribution in [3.8, 4) is 0 Å². The minimum atomic E-state index is -3.04. The van der Waals surface area contributed by atoms with Crippen molar-refractivity contribution in [2.24, 2.45) is 0 Å². The summed E-state index contributed by atoms with van der Waals surface area (Å²) in [6.07, 6.45) is 3.52. The van der Waals surface area contributed by atoms with Gasteiger partial charge in [-0.3, -0.25) is 4.68 Å². The van der Waals surface area contributed by atoms with Crippen LogP contribution in [0.5, 0.6) is 0 Å². The van der Waals surface area contributed by atoms with Gasteiger partial charge in [0.15, 0.2) is 9.84 Å². The number of aromatic nitrogens is 2. The standard InChI is InChI=1S/C13H20N2O4S/c1-3-19-13(16)11-9-14-15(12(11)10-5-6-10)7-8-20(17,18)4-2/h9-10H,3-8H2,1-2H3. The molecule has 1 heterocycles. The Labute approximate surface area is 119 Å². The van der Waals surface area contributed by atoms with Gasteiger partial charge in [-0.15, -0.1) is 0 Å². The molecule has 0 saturated heterocycles. The van der Waals surface area contributed by atoms with E-state index in [1.165, 1.54) is 6.20 Å². The lowest BCUT2D eigenvalue weighted by molar-refractivity contribution is 0.0525. The van der Waals surface area contributed by atoms with Crippen molar-refractivity contribution >= 4 is 15.8 Å². The van der Waals surface area contributed by atoms with Crippen LogP contribution in [0.15, 0.2) is 6.20 Å². The van der Waals surface area contributed by atoms with Crippen molar-refractivity contribution in [1.29, 1.82) is 0 Å². The van der Waals surface area contributed by atoms with Gasteiger partial charge in [-0.25, -0.2) is 13.2 Å². The Hall–Kier alpha value is -1.37. The van der Waals surface area contributed by atoms with E-state index in [9.17, 15) is 13.2 Å². The van der Waals surface area contributed by atoms with Crippen LogP contribution in [0, 0.1) is 0 Å². The summed E-state index contributed by atoms with van der Waals surface area (Å²) in [6, 6.07) is 0.